The fourth-order valence-electron chi connectivity index (χ4n) is 2.63. The van der Waals surface area contributed by atoms with Crippen LogP contribution in [0.15, 0.2) is 18.2 Å². The molecule has 0 heterocycles. The average molecular weight is 307 g/mol. The third kappa shape index (κ3) is 5.96. The first-order chi connectivity index (χ1) is 10.6. The van der Waals surface area contributed by atoms with Gasteiger partial charge in [0, 0.05) is 5.92 Å². The molecule has 1 amide bonds. The van der Waals surface area contributed by atoms with E-state index in [4.69, 9.17) is 15.2 Å². The Morgan fingerprint density at radius 3 is 2.36 bits per heavy atom. The van der Waals surface area contributed by atoms with Gasteiger partial charge < -0.3 is 15.2 Å². The van der Waals surface area contributed by atoms with Crippen molar-refractivity contribution in [1.29, 1.82) is 0 Å². The molecule has 0 aliphatic carbocycles. The SMILES string of the molecule is CCCCCCCC(Cc1ccc(OC)c(OC)c1)C(N)=O. The lowest BCUT2D eigenvalue weighted by Gasteiger charge is -2.15. The van der Waals surface area contributed by atoms with Crippen molar-refractivity contribution < 1.29 is 14.3 Å². The van der Waals surface area contributed by atoms with Gasteiger partial charge in [-0.25, -0.2) is 0 Å². The minimum Gasteiger partial charge on any atom is -0.493 e. The zero-order chi connectivity index (χ0) is 16.4. The van der Waals surface area contributed by atoms with Crippen molar-refractivity contribution in [3.8, 4) is 11.5 Å². The van der Waals surface area contributed by atoms with Crippen LogP contribution in [0.5, 0.6) is 11.5 Å². The second kappa shape index (κ2) is 10.1. The molecule has 0 aliphatic heterocycles. The molecule has 4 nitrogen and oxygen atoms in total. The third-order valence-electron chi connectivity index (χ3n) is 3.99. The van der Waals surface area contributed by atoms with Crippen LogP contribution in [0.2, 0.25) is 0 Å². The number of rotatable bonds is 11. The highest BCUT2D eigenvalue weighted by atomic mass is 16.5. The summed E-state index contributed by atoms with van der Waals surface area (Å²) >= 11 is 0. The summed E-state index contributed by atoms with van der Waals surface area (Å²) in [6.45, 7) is 2.20. The van der Waals surface area contributed by atoms with E-state index in [1.807, 2.05) is 18.2 Å². The number of primary amides is 1. The van der Waals surface area contributed by atoms with Crippen molar-refractivity contribution in [2.75, 3.05) is 14.2 Å². The number of carbonyl (C=O) groups is 1. The van der Waals surface area contributed by atoms with Gasteiger partial charge in [0.1, 0.15) is 0 Å². The maximum Gasteiger partial charge on any atom is 0.220 e. The van der Waals surface area contributed by atoms with Crippen LogP contribution in [0.25, 0.3) is 0 Å². The Labute approximate surface area is 134 Å². The number of hydrogen-bond acceptors (Lipinski definition) is 3. The Morgan fingerprint density at radius 1 is 1.09 bits per heavy atom. The average Bonchev–Trinajstić information content (AvgIpc) is 2.53. The molecule has 4 heteroatoms. The smallest absolute Gasteiger partial charge is 0.220 e. The minimum absolute atomic E-state index is 0.111. The lowest BCUT2D eigenvalue weighted by atomic mass is 9.92. The number of ether oxygens (including phenoxy) is 2. The lowest BCUT2D eigenvalue weighted by Crippen LogP contribution is -2.25. The molecule has 1 aromatic carbocycles. The van der Waals surface area contributed by atoms with Crippen molar-refractivity contribution in [2.45, 2.75) is 51.9 Å². The van der Waals surface area contributed by atoms with Crippen LogP contribution in [-0.4, -0.2) is 20.1 Å². The molecule has 1 rings (SSSR count). The summed E-state index contributed by atoms with van der Waals surface area (Å²) in [5.41, 5.74) is 6.61. The van der Waals surface area contributed by atoms with Gasteiger partial charge in [0.2, 0.25) is 5.91 Å². The summed E-state index contributed by atoms with van der Waals surface area (Å²) in [4.78, 5) is 11.7. The number of hydrogen-bond donors (Lipinski definition) is 1. The van der Waals surface area contributed by atoms with E-state index in [1.165, 1.54) is 25.7 Å². The maximum absolute atomic E-state index is 11.7. The van der Waals surface area contributed by atoms with Crippen LogP contribution in [0.3, 0.4) is 0 Å². The molecule has 124 valence electrons. The second-order valence-corrected chi connectivity index (χ2v) is 5.70. The molecule has 0 fully saturated rings. The molecular weight excluding hydrogens is 278 g/mol. The van der Waals surface area contributed by atoms with Crippen LogP contribution < -0.4 is 15.2 Å². The Kier molecular flexibility index (Phi) is 8.41. The molecule has 0 spiro atoms. The molecule has 1 aromatic rings. The van der Waals surface area contributed by atoms with Gasteiger partial charge in [-0.05, 0) is 30.5 Å². The van der Waals surface area contributed by atoms with Crippen LogP contribution in [0, 0.1) is 5.92 Å². The molecule has 0 aromatic heterocycles. The quantitative estimate of drug-likeness (QED) is 0.634. The Morgan fingerprint density at radius 2 is 1.77 bits per heavy atom. The molecule has 1 unspecified atom stereocenters. The molecule has 1 atom stereocenters. The van der Waals surface area contributed by atoms with Gasteiger partial charge in [-0.3, -0.25) is 4.79 Å². The topological polar surface area (TPSA) is 61.6 Å². The highest BCUT2D eigenvalue weighted by Crippen LogP contribution is 2.29. The van der Waals surface area contributed by atoms with Crippen molar-refractivity contribution >= 4 is 5.91 Å². The number of nitrogens with two attached hydrogens (primary N) is 1. The van der Waals surface area contributed by atoms with E-state index >= 15 is 0 Å². The Bertz CT molecular complexity index is 460. The summed E-state index contributed by atoms with van der Waals surface area (Å²) in [5.74, 6) is 1.05. The van der Waals surface area contributed by atoms with Crippen molar-refractivity contribution in [3.05, 3.63) is 23.8 Å². The molecule has 2 N–H and O–H groups in total. The first kappa shape index (κ1) is 18.3. The number of carbonyl (C=O) groups excluding carboxylic acids is 1. The van der Waals surface area contributed by atoms with E-state index in [0.717, 1.165) is 18.4 Å². The van der Waals surface area contributed by atoms with Gasteiger partial charge >= 0.3 is 0 Å². The Balaban J connectivity index is 2.61. The highest BCUT2D eigenvalue weighted by Gasteiger charge is 2.16. The van der Waals surface area contributed by atoms with Gasteiger partial charge in [0.15, 0.2) is 11.5 Å². The maximum atomic E-state index is 11.7. The predicted octanol–water partition coefficient (Wildman–Crippen LogP) is 3.71. The van der Waals surface area contributed by atoms with Crippen molar-refractivity contribution in [1.82, 2.24) is 0 Å². The summed E-state index contributed by atoms with van der Waals surface area (Å²) < 4.78 is 10.5. The summed E-state index contributed by atoms with van der Waals surface area (Å²) in [7, 11) is 3.22. The first-order valence-corrected chi connectivity index (χ1v) is 8.12. The van der Waals surface area contributed by atoms with Crippen LogP contribution in [-0.2, 0) is 11.2 Å². The van der Waals surface area contributed by atoms with Crippen LogP contribution in [0.4, 0.5) is 0 Å². The van der Waals surface area contributed by atoms with Crippen LogP contribution >= 0.6 is 0 Å². The fourth-order valence-corrected chi connectivity index (χ4v) is 2.63. The van der Waals surface area contributed by atoms with Gasteiger partial charge in [0.25, 0.3) is 0 Å². The predicted molar refractivity (Wildman–Crippen MR) is 89.3 cm³/mol. The lowest BCUT2D eigenvalue weighted by molar-refractivity contribution is -0.122. The van der Waals surface area contributed by atoms with E-state index in [1.54, 1.807) is 14.2 Å². The van der Waals surface area contributed by atoms with Crippen molar-refractivity contribution in [3.63, 3.8) is 0 Å². The first-order valence-electron chi connectivity index (χ1n) is 8.12. The van der Waals surface area contributed by atoms with E-state index in [0.29, 0.717) is 17.9 Å². The third-order valence-corrected chi connectivity index (χ3v) is 3.99. The van der Waals surface area contributed by atoms with E-state index in [2.05, 4.69) is 6.92 Å². The molecule has 0 radical (unpaired) electrons. The number of methoxy groups -OCH3 is 2. The monoisotopic (exact) mass is 307 g/mol. The highest BCUT2D eigenvalue weighted by molar-refractivity contribution is 5.77. The molecular formula is C18H29NO3. The second-order valence-electron chi connectivity index (χ2n) is 5.70. The van der Waals surface area contributed by atoms with Gasteiger partial charge in [0.05, 0.1) is 14.2 Å². The van der Waals surface area contributed by atoms with Crippen LogP contribution in [0.1, 0.15) is 51.0 Å². The number of unbranched alkanes of at least 4 members (excludes halogenated alkanes) is 4. The van der Waals surface area contributed by atoms with Crippen molar-refractivity contribution in [2.24, 2.45) is 11.7 Å². The standard InChI is InChI=1S/C18H29NO3/c1-4-5-6-7-8-9-15(18(19)20)12-14-10-11-16(21-2)17(13-14)22-3/h10-11,13,15H,4-9,12H2,1-3H3,(H2,19,20). The van der Waals surface area contributed by atoms with E-state index in [-0.39, 0.29) is 11.8 Å². The minimum atomic E-state index is -0.217. The van der Waals surface area contributed by atoms with E-state index < -0.39 is 0 Å². The molecule has 0 bridgehead atoms. The van der Waals surface area contributed by atoms with Gasteiger partial charge in [-0.2, -0.15) is 0 Å². The number of benzene rings is 1. The summed E-state index contributed by atoms with van der Waals surface area (Å²) in [6, 6.07) is 5.76. The molecule has 0 saturated carbocycles. The zero-order valence-electron chi connectivity index (χ0n) is 14.1. The molecule has 22 heavy (non-hydrogen) atoms. The normalized spacial score (nSPS) is 12.0. The van der Waals surface area contributed by atoms with E-state index in [9.17, 15) is 4.79 Å². The van der Waals surface area contributed by atoms with Gasteiger partial charge in [-0.15, -0.1) is 0 Å². The largest absolute Gasteiger partial charge is 0.493 e. The summed E-state index contributed by atoms with van der Waals surface area (Å²) in [5, 5.41) is 0. The zero-order valence-corrected chi connectivity index (χ0v) is 14.1. The fraction of sp³-hybridized carbons (Fsp3) is 0.611. The Hall–Kier alpha value is -1.71. The summed E-state index contributed by atoms with van der Waals surface area (Å²) in [6.07, 6.45) is 7.46. The molecule has 0 aliphatic rings. The number of amides is 1. The van der Waals surface area contributed by atoms with Gasteiger partial charge in [-0.1, -0.05) is 45.1 Å². The molecule has 0 saturated heterocycles.